The number of aliphatic hydroxyl groups is 1. The molecule has 0 heterocycles. The zero-order chi connectivity index (χ0) is 16.5. The molecule has 0 aromatic heterocycles. The minimum atomic E-state index is -0.872. The summed E-state index contributed by atoms with van der Waals surface area (Å²) in [7, 11) is 0. The molecule has 0 radical (unpaired) electrons. The van der Waals surface area contributed by atoms with Gasteiger partial charge < -0.3 is 5.11 Å². The Bertz CT molecular complexity index is 514. The van der Waals surface area contributed by atoms with Gasteiger partial charge in [0.2, 0.25) is 0 Å². The molecule has 4 heteroatoms. The molecule has 0 unspecified atom stereocenters. The highest BCUT2D eigenvalue weighted by Gasteiger charge is 2.65. The Labute approximate surface area is 144 Å². The number of hydrogen-bond donors (Lipinski definition) is 1. The third kappa shape index (κ3) is 2.05. The van der Waals surface area contributed by atoms with Crippen LogP contribution in [0.1, 0.15) is 71.6 Å². The largest absolute Gasteiger partial charge is 0.393 e. The first-order chi connectivity index (χ1) is 10.8. The first kappa shape index (κ1) is 16.3. The summed E-state index contributed by atoms with van der Waals surface area (Å²) in [6, 6.07) is 0. The number of rotatable bonds is 1. The van der Waals surface area contributed by atoms with E-state index in [1.165, 1.54) is 25.7 Å². The zero-order valence-electron chi connectivity index (χ0n) is 14.4. The van der Waals surface area contributed by atoms with Gasteiger partial charge in [0, 0.05) is 5.41 Å². The van der Waals surface area contributed by atoms with Crippen molar-refractivity contribution in [1.82, 2.24) is 0 Å². The van der Waals surface area contributed by atoms with Gasteiger partial charge in [-0.25, -0.2) is 0 Å². The molecule has 4 aliphatic rings. The monoisotopic (exact) mass is 339 g/mol. The van der Waals surface area contributed by atoms with E-state index in [2.05, 4.69) is 19.0 Å². The van der Waals surface area contributed by atoms with Crippen molar-refractivity contribution in [2.45, 2.75) is 82.7 Å². The van der Waals surface area contributed by atoms with Gasteiger partial charge in [0.25, 0.3) is 0 Å². The van der Waals surface area contributed by atoms with Gasteiger partial charge in [-0.1, -0.05) is 25.4 Å². The summed E-state index contributed by atoms with van der Waals surface area (Å²) in [5.41, 5.74) is 0.268. The average molecular weight is 340 g/mol. The molecule has 1 N–H and O–H groups in total. The molecule has 0 spiro atoms. The van der Waals surface area contributed by atoms with Gasteiger partial charge in [-0.05, 0) is 92.1 Å². The lowest BCUT2D eigenvalue weighted by atomic mass is 9.45. The van der Waals surface area contributed by atoms with Crippen LogP contribution in [-0.2, 0) is 0 Å². The Morgan fingerprint density at radius 2 is 1.74 bits per heavy atom. The number of nitroso groups, excluding NO2 is 1. The van der Waals surface area contributed by atoms with Gasteiger partial charge in [0.15, 0.2) is 5.00 Å². The maximum Gasteiger partial charge on any atom is 0.181 e. The van der Waals surface area contributed by atoms with Gasteiger partial charge in [0.05, 0.1) is 6.10 Å². The Hall–Kier alpha value is -0.150. The van der Waals surface area contributed by atoms with E-state index in [1.54, 1.807) is 0 Å². The second-order valence-corrected chi connectivity index (χ2v) is 10.1. The Morgan fingerprint density at radius 3 is 2.48 bits per heavy atom. The second kappa shape index (κ2) is 5.17. The van der Waals surface area contributed by atoms with Crippen LogP contribution in [0.25, 0.3) is 0 Å². The molecule has 130 valence electrons. The highest BCUT2D eigenvalue weighted by atomic mass is 35.5. The maximum absolute atomic E-state index is 11.5. The lowest BCUT2D eigenvalue weighted by Gasteiger charge is -2.61. The van der Waals surface area contributed by atoms with Gasteiger partial charge in [-0.3, -0.25) is 0 Å². The third-order valence-electron chi connectivity index (χ3n) is 8.83. The highest BCUT2D eigenvalue weighted by molar-refractivity contribution is 6.24. The van der Waals surface area contributed by atoms with E-state index < -0.39 is 5.00 Å². The fourth-order valence-electron chi connectivity index (χ4n) is 7.35. The number of aliphatic hydroxyl groups excluding tert-OH is 1. The Kier molecular flexibility index (Phi) is 3.67. The van der Waals surface area contributed by atoms with E-state index in [1.807, 2.05) is 0 Å². The number of alkyl halides is 1. The normalized spacial score (nSPS) is 58.9. The van der Waals surface area contributed by atoms with Crippen LogP contribution in [-0.4, -0.2) is 16.2 Å². The number of hydrogen-bond acceptors (Lipinski definition) is 3. The van der Waals surface area contributed by atoms with Crippen molar-refractivity contribution in [2.24, 2.45) is 39.7 Å². The van der Waals surface area contributed by atoms with Crippen molar-refractivity contribution < 1.29 is 5.11 Å². The van der Waals surface area contributed by atoms with Gasteiger partial charge in [0.1, 0.15) is 0 Å². The summed E-state index contributed by atoms with van der Waals surface area (Å²) in [6.45, 7) is 4.72. The minimum absolute atomic E-state index is 0.0836. The summed E-state index contributed by atoms with van der Waals surface area (Å²) in [6.07, 6.45) is 9.59. The molecule has 8 atom stereocenters. The molecule has 23 heavy (non-hydrogen) atoms. The predicted octanol–water partition coefficient (Wildman–Crippen LogP) is 5.09. The number of fused-ring (bicyclic) bond motifs is 5. The molecule has 0 amide bonds. The fraction of sp³-hybridized carbons (Fsp3) is 1.00. The lowest BCUT2D eigenvalue weighted by Crippen LogP contribution is -2.55. The van der Waals surface area contributed by atoms with E-state index in [0.29, 0.717) is 23.2 Å². The molecule has 0 aromatic carbocycles. The summed E-state index contributed by atoms with van der Waals surface area (Å²) < 4.78 is 0. The average Bonchev–Trinajstić information content (AvgIpc) is 2.80. The highest BCUT2D eigenvalue weighted by Crippen LogP contribution is 2.69. The smallest absolute Gasteiger partial charge is 0.181 e. The summed E-state index contributed by atoms with van der Waals surface area (Å²) in [4.78, 5) is 10.6. The van der Waals surface area contributed by atoms with Crippen LogP contribution in [0.2, 0.25) is 0 Å². The Balaban J connectivity index is 1.64. The van der Waals surface area contributed by atoms with Crippen LogP contribution in [0.4, 0.5) is 0 Å². The van der Waals surface area contributed by atoms with Crippen LogP contribution < -0.4 is 0 Å². The number of nitrogens with zero attached hydrogens (tertiary/aromatic N) is 1. The van der Waals surface area contributed by atoms with Crippen LogP contribution in [0, 0.1) is 39.4 Å². The summed E-state index contributed by atoms with van der Waals surface area (Å²) in [5, 5.41) is 13.5. The quantitative estimate of drug-likeness (QED) is 0.411. The van der Waals surface area contributed by atoms with E-state index >= 15 is 0 Å². The molecule has 0 aliphatic heterocycles. The first-order valence-corrected chi connectivity index (χ1v) is 9.93. The fourth-order valence-corrected chi connectivity index (χ4v) is 7.69. The van der Waals surface area contributed by atoms with Crippen molar-refractivity contribution in [2.75, 3.05) is 0 Å². The van der Waals surface area contributed by atoms with Gasteiger partial charge >= 0.3 is 0 Å². The van der Waals surface area contributed by atoms with Crippen LogP contribution in [0.3, 0.4) is 0 Å². The molecule has 4 aliphatic carbocycles. The van der Waals surface area contributed by atoms with E-state index in [-0.39, 0.29) is 11.5 Å². The first-order valence-electron chi connectivity index (χ1n) is 9.55. The van der Waals surface area contributed by atoms with Crippen molar-refractivity contribution in [3.05, 3.63) is 4.91 Å². The predicted molar refractivity (Wildman–Crippen MR) is 92.1 cm³/mol. The Morgan fingerprint density at radius 1 is 1.00 bits per heavy atom. The second-order valence-electron chi connectivity index (χ2n) is 9.43. The minimum Gasteiger partial charge on any atom is -0.393 e. The molecule has 3 nitrogen and oxygen atoms in total. The number of halogens is 1. The van der Waals surface area contributed by atoms with Crippen LogP contribution in [0.15, 0.2) is 5.18 Å². The SMILES string of the molecule is C[C@]12CC[C@H](O)C[C@@H]1CC[C@@H]1[C@@H]2CC[C@@]2(C)[C@H]1CC[C@]2(Cl)N=O. The molecular weight excluding hydrogens is 310 g/mol. The third-order valence-corrected chi connectivity index (χ3v) is 9.52. The molecule has 0 saturated heterocycles. The van der Waals surface area contributed by atoms with Crippen molar-refractivity contribution in [3.8, 4) is 0 Å². The molecule has 4 rings (SSSR count). The van der Waals surface area contributed by atoms with Gasteiger partial charge in [-0.15, -0.1) is 4.91 Å². The molecule has 4 fully saturated rings. The maximum atomic E-state index is 11.5. The van der Waals surface area contributed by atoms with E-state index in [0.717, 1.165) is 38.0 Å². The topological polar surface area (TPSA) is 49.7 Å². The standard InChI is InChI=1S/C19H30ClNO2/c1-17-8-5-13(22)11-12(17)3-4-14-15(17)6-9-18(2)16(14)7-10-19(18,20)21-23/h12-16,22H,3-11H2,1-2H3/t12-,13-,14+,15-,16-,17-,18-,19-/m0/s1. The van der Waals surface area contributed by atoms with Crippen LogP contribution >= 0.6 is 11.6 Å². The van der Waals surface area contributed by atoms with E-state index in [9.17, 15) is 10.0 Å². The molecular formula is C19H30ClNO2. The van der Waals surface area contributed by atoms with E-state index in [4.69, 9.17) is 11.6 Å². The molecule has 0 bridgehead atoms. The molecule has 4 saturated carbocycles. The molecule has 0 aromatic rings. The van der Waals surface area contributed by atoms with Crippen molar-refractivity contribution in [1.29, 1.82) is 0 Å². The van der Waals surface area contributed by atoms with Crippen molar-refractivity contribution in [3.63, 3.8) is 0 Å². The van der Waals surface area contributed by atoms with Crippen molar-refractivity contribution >= 4 is 11.6 Å². The van der Waals surface area contributed by atoms with Gasteiger partial charge in [-0.2, -0.15) is 0 Å². The summed E-state index contributed by atoms with van der Waals surface area (Å²) >= 11 is 6.68. The summed E-state index contributed by atoms with van der Waals surface area (Å²) in [5.74, 6) is 2.69. The lowest BCUT2D eigenvalue weighted by molar-refractivity contribution is -0.124. The van der Waals surface area contributed by atoms with Crippen LogP contribution in [0.5, 0.6) is 0 Å². The zero-order valence-corrected chi connectivity index (χ0v) is 15.2.